The monoisotopic (exact) mass is 331 g/mol. The van der Waals surface area contributed by atoms with E-state index >= 15 is 0 Å². The lowest BCUT2D eigenvalue weighted by molar-refractivity contribution is -0.127. The lowest BCUT2D eigenvalue weighted by Crippen LogP contribution is -2.42. The van der Waals surface area contributed by atoms with Crippen LogP contribution in [0.25, 0.3) is 0 Å². The zero-order valence-corrected chi connectivity index (χ0v) is 13.8. The number of nitrogens with one attached hydrogen (secondary N) is 2. The highest BCUT2D eigenvalue weighted by molar-refractivity contribution is 7.07. The summed E-state index contributed by atoms with van der Waals surface area (Å²) in [4.78, 5) is 28.4. The maximum Gasteiger partial charge on any atom is 0.304 e. The maximum atomic E-state index is 12.3. The summed E-state index contributed by atoms with van der Waals surface area (Å²) in [5.74, 6) is 0.104. The van der Waals surface area contributed by atoms with Crippen molar-refractivity contribution in [2.24, 2.45) is 5.92 Å². The molecular formula is C17H21N3O2S. The molecule has 0 saturated carbocycles. The van der Waals surface area contributed by atoms with Crippen molar-refractivity contribution in [1.82, 2.24) is 15.2 Å². The SMILES string of the molecule is O=C(NCc1csc(=O)[nH]1)C1CCCN(Cc2ccccc2)C1. The first-order valence-electron chi connectivity index (χ1n) is 7.91. The second kappa shape index (κ2) is 7.57. The molecule has 1 aromatic heterocycles. The van der Waals surface area contributed by atoms with Gasteiger partial charge in [-0.05, 0) is 24.9 Å². The summed E-state index contributed by atoms with van der Waals surface area (Å²) in [7, 11) is 0. The van der Waals surface area contributed by atoms with Crippen LogP contribution in [0.3, 0.4) is 0 Å². The first-order valence-corrected chi connectivity index (χ1v) is 8.79. The Balaban J connectivity index is 1.51. The Morgan fingerprint density at radius 1 is 1.35 bits per heavy atom. The van der Waals surface area contributed by atoms with E-state index in [1.54, 1.807) is 5.38 Å². The summed E-state index contributed by atoms with van der Waals surface area (Å²) in [6, 6.07) is 10.4. The van der Waals surface area contributed by atoms with Gasteiger partial charge < -0.3 is 10.3 Å². The van der Waals surface area contributed by atoms with E-state index in [1.165, 1.54) is 5.56 Å². The van der Waals surface area contributed by atoms with E-state index in [0.717, 1.165) is 49.5 Å². The van der Waals surface area contributed by atoms with Crippen LogP contribution in [0.4, 0.5) is 0 Å². The van der Waals surface area contributed by atoms with Crippen LogP contribution in [0.5, 0.6) is 0 Å². The highest BCUT2D eigenvalue weighted by Crippen LogP contribution is 2.19. The third-order valence-corrected chi connectivity index (χ3v) is 4.87. The van der Waals surface area contributed by atoms with E-state index in [4.69, 9.17) is 0 Å². The van der Waals surface area contributed by atoms with E-state index in [2.05, 4.69) is 27.3 Å². The van der Waals surface area contributed by atoms with Crippen molar-refractivity contribution in [1.29, 1.82) is 0 Å². The van der Waals surface area contributed by atoms with Crippen LogP contribution in [0, 0.1) is 5.92 Å². The Hall–Kier alpha value is -1.92. The molecule has 6 heteroatoms. The fourth-order valence-corrected chi connectivity index (χ4v) is 3.56. The third-order valence-electron chi connectivity index (χ3n) is 4.15. The summed E-state index contributed by atoms with van der Waals surface area (Å²) in [5, 5.41) is 4.69. The van der Waals surface area contributed by atoms with Gasteiger partial charge in [-0.3, -0.25) is 14.5 Å². The molecule has 1 aliphatic heterocycles. The molecule has 5 nitrogen and oxygen atoms in total. The number of rotatable bonds is 5. The molecule has 1 amide bonds. The summed E-state index contributed by atoms with van der Waals surface area (Å²) in [6.07, 6.45) is 1.97. The average Bonchev–Trinajstić information content (AvgIpc) is 2.99. The topological polar surface area (TPSA) is 65.2 Å². The van der Waals surface area contributed by atoms with E-state index in [1.807, 2.05) is 18.2 Å². The quantitative estimate of drug-likeness (QED) is 0.880. The van der Waals surface area contributed by atoms with Crippen molar-refractivity contribution < 1.29 is 4.79 Å². The molecule has 2 N–H and O–H groups in total. The van der Waals surface area contributed by atoms with Crippen LogP contribution < -0.4 is 10.2 Å². The normalized spacial score (nSPS) is 18.7. The number of hydrogen-bond donors (Lipinski definition) is 2. The van der Waals surface area contributed by atoms with Crippen LogP contribution in [-0.2, 0) is 17.9 Å². The smallest absolute Gasteiger partial charge is 0.304 e. The fraction of sp³-hybridized carbons (Fsp3) is 0.412. The molecule has 1 saturated heterocycles. The molecule has 0 spiro atoms. The number of likely N-dealkylation sites (tertiary alicyclic amines) is 1. The summed E-state index contributed by atoms with van der Waals surface area (Å²) in [5.41, 5.74) is 2.05. The number of carbonyl (C=O) groups is 1. The highest BCUT2D eigenvalue weighted by atomic mass is 32.1. The number of aromatic nitrogens is 1. The number of H-pyrrole nitrogens is 1. The molecule has 2 heterocycles. The van der Waals surface area contributed by atoms with Gasteiger partial charge in [-0.2, -0.15) is 0 Å². The number of hydrogen-bond acceptors (Lipinski definition) is 4. The Bertz CT molecular complexity index is 695. The summed E-state index contributed by atoms with van der Waals surface area (Å²) < 4.78 is 0. The van der Waals surface area contributed by atoms with Gasteiger partial charge in [-0.1, -0.05) is 41.7 Å². The van der Waals surface area contributed by atoms with Crippen LogP contribution in [0.15, 0.2) is 40.5 Å². The van der Waals surface area contributed by atoms with Crippen molar-refractivity contribution in [3.05, 3.63) is 56.6 Å². The van der Waals surface area contributed by atoms with Gasteiger partial charge >= 0.3 is 4.87 Å². The minimum absolute atomic E-state index is 0.0258. The number of aromatic amines is 1. The predicted octanol–water partition coefficient (Wildman–Crippen LogP) is 1.96. The summed E-state index contributed by atoms with van der Waals surface area (Å²) in [6.45, 7) is 3.12. The van der Waals surface area contributed by atoms with E-state index in [-0.39, 0.29) is 16.7 Å². The Morgan fingerprint density at radius 3 is 2.91 bits per heavy atom. The average molecular weight is 331 g/mol. The lowest BCUT2D eigenvalue weighted by atomic mass is 9.96. The second-order valence-electron chi connectivity index (χ2n) is 5.95. The molecule has 0 bridgehead atoms. The standard InChI is InChI=1S/C17H21N3O2S/c21-16(18-9-15-12-23-17(22)19-15)14-7-4-8-20(11-14)10-13-5-2-1-3-6-13/h1-3,5-6,12,14H,4,7-11H2,(H,18,21)(H,19,22). The fourth-order valence-electron chi connectivity index (χ4n) is 2.98. The molecule has 1 fully saturated rings. The molecule has 122 valence electrons. The lowest BCUT2D eigenvalue weighted by Gasteiger charge is -2.32. The molecule has 2 aromatic rings. The zero-order valence-electron chi connectivity index (χ0n) is 13.0. The van der Waals surface area contributed by atoms with Crippen molar-refractivity contribution in [2.45, 2.75) is 25.9 Å². The van der Waals surface area contributed by atoms with Gasteiger partial charge in [0.25, 0.3) is 0 Å². The number of nitrogens with zero attached hydrogens (tertiary/aromatic N) is 1. The molecule has 23 heavy (non-hydrogen) atoms. The van der Waals surface area contributed by atoms with Gasteiger partial charge in [0.2, 0.25) is 5.91 Å². The van der Waals surface area contributed by atoms with Gasteiger partial charge in [0.05, 0.1) is 12.5 Å². The van der Waals surface area contributed by atoms with Gasteiger partial charge in [0.15, 0.2) is 0 Å². The van der Waals surface area contributed by atoms with Crippen molar-refractivity contribution >= 4 is 17.2 Å². The second-order valence-corrected chi connectivity index (χ2v) is 6.79. The number of thiazole rings is 1. The molecule has 0 aliphatic carbocycles. The van der Waals surface area contributed by atoms with Gasteiger partial charge in [0, 0.05) is 24.2 Å². The molecule has 1 aliphatic rings. The third kappa shape index (κ3) is 4.53. The number of amides is 1. The van der Waals surface area contributed by atoms with Gasteiger partial charge in [-0.15, -0.1) is 0 Å². The predicted molar refractivity (Wildman–Crippen MR) is 91.2 cm³/mol. The number of benzene rings is 1. The minimum Gasteiger partial charge on any atom is -0.350 e. The summed E-state index contributed by atoms with van der Waals surface area (Å²) >= 11 is 1.12. The largest absolute Gasteiger partial charge is 0.350 e. The maximum absolute atomic E-state index is 12.3. The Kier molecular flexibility index (Phi) is 5.25. The highest BCUT2D eigenvalue weighted by Gasteiger charge is 2.25. The number of piperidine rings is 1. The van der Waals surface area contributed by atoms with Crippen molar-refractivity contribution in [3.63, 3.8) is 0 Å². The van der Waals surface area contributed by atoms with Gasteiger partial charge in [0.1, 0.15) is 0 Å². The van der Waals surface area contributed by atoms with E-state index in [0.29, 0.717) is 6.54 Å². The first-order chi connectivity index (χ1) is 11.2. The molecule has 0 radical (unpaired) electrons. The van der Waals surface area contributed by atoms with Crippen molar-refractivity contribution in [3.8, 4) is 0 Å². The van der Waals surface area contributed by atoms with E-state index < -0.39 is 0 Å². The van der Waals surface area contributed by atoms with Crippen LogP contribution in [-0.4, -0.2) is 28.9 Å². The molecule has 3 rings (SSSR count). The molecular weight excluding hydrogens is 310 g/mol. The van der Waals surface area contributed by atoms with Gasteiger partial charge in [-0.25, -0.2) is 0 Å². The number of carbonyl (C=O) groups excluding carboxylic acids is 1. The van der Waals surface area contributed by atoms with Crippen LogP contribution in [0.2, 0.25) is 0 Å². The molecule has 1 aromatic carbocycles. The van der Waals surface area contributed by atoms with Crippen molar-refractivity contribution in [2.75, 3.05) is 13.1 Å². The van der Waals surface area contributed by atoms with Crippen LogP contribution >= 0.6 is 11.3 Å². The minimum atomic E-state index is -0.0825. The zero-order chi connectivity index (χ0) is 16.1. The first kappa shape index (κ1) is 16.0. The Morgan fingerprint density at radius 2 is 2.17 bits per heavy atom. The Labute approximate surface area is 139 Å². The van der Waals surface area contributed by atoms with Crippen LogP contribution in [0.1, 0.15) is 24.1 Å². The van der Waals surface area contributed by atoms with E-state index in [9.17, 15) is 9.59 Å². The molecule has 1 atom stereocenters. The molecule has 1 unspecified atom stereocenters.